The normalized spacial score (nSPS) is 11.2. The molecule has 0 bridgehead atoms. The Kier molecular flexibility index (Phi) is 15.7. The smallest absolute Gasteiger partial charge is 0.190 e. The molecule has 0 unspecified atom stereocenters. The average molecular weight is 470 g/mol. The fourth-order valence-electron chi connectivity index (χ4n) is 1.92. The maximum Gasteiger partial charge on any atom is 0.190 e. The summed E-state index contributed by atoms with van der Waals surface area (Å²) >= 11 is 1.79. The summed E-state index contributed by atoms with van der Waals surface area (Å²) in [6, 6.07) is 0. The van der Waals surface area contributed by atoms with Gasteiger partial charge < -0.3 is 20.1 Å². The molecule has 0 atom stereocenters. The van der Waals surface area contributed by atoms with Crippen LogP contribution in [0.5, 0.6) is 0 Å². The number of hydrogen-bond acceptors (Lipinski definition) is 5. The van der Waals surface area contributed by atoms with Gasteiger partial charge in [0.1, 0.15) is 0 Å². The van der Waals surface area contributed by atoms with Gasteiger partial charge in [0.05, 0.1) is 18.2 Å². The first kappa shape index (κ1) is 23.5. The number of aromatic nitrogens is 1. The minimum Gasteiger partial charge on any atom is -0.382 e. The lowest BCUT2D eigenvalue weighted by atomic mass is 10.3. The van der Waals surface area contributed by atoms with Crippen LogP contribution in [0.15, 0.2) is 11.2 Å². The molecular formula is C16H31IN4O2S. The molecule has 0 aliphatic carbocycles. The van der Waals surface area contributed by atoms with Crippen LogP contribution >= 0.6 is 35.3 Å². The molecule has 0 fully saturated rings. The number of thiazole rings is 1. The Bertz CT molecular complexity index is 443. The van der Waals surface area contributed by atoms with Crippen LogP contribution < -0.4 is 10.6 Å². The minimum absolute atomic E-state index is 0. The van der Waals surface area contributed by atoms with Crippen molar-refractivity contribution in [1.82, 2.24) is 15.6 Å². The van der Waals surface area contributed by atoms with Gasteiger partial charge in [0, 0.05) is 51.3 Å². The van der Waals surface area contributed by atoms with Crippen molar-refractivity contribution in [3.05, 3.63) is 16.1 Å². The molecule has 0 amide bonds. The highest BCUT2D eigenvalue weighted by Crippen LogP contribution is 2.13. The van der Waals surface area contributed by atoms with Crippen LogP contribution in [0.2, 0.25) is 0 Å². The molecule has 2 N–H and O–H groups in total. The molecule has 0 aliphatic heterocycles. The zero-order valence-electron chi connectivity index (χ0n) is 15.0. The fraction of sp³-hybridized carbons (Fsp3) is 0.750. The van der Waals surface area contributed by atoms with E-state index in [-0.39, 0.29) is 24.0 Å². The van der Waals surface area contributed by atoms with E-state index in [1.165, 1.54) is 9.88 Å². The monoisotopic (exact) mass is 470 g/mol. The first-order valence-electron chi connectivity index (χ1n) is 8.25. The third-order valence-electron chi connectivity index (χ3n) is 3.24. The molecular weight excluding hydrogens is 439 g/mol. The molecule has 24 heavy (non-hydrogen) atoms. The molecule has 0 aromatic carbocycles. The van der Waals surface area contributed by atoms with E-state index in [0.717, 1.165) is 51.3 Å². The number of ether oxygens (including phenoxy) is 2. The van der Waals surface area contributed by atoms with Gasteiger partial charge in [0.2, 0.25) is 0 Å². The number of unbranched alkanes of at least 4 members (excludes halogenated alkanes) is 1. The molecule has 0 saturated heterocycles. The van der Waals surface area contributed by atoms with Crippen LogP contribution in [0.25, 0.3) is 0 Å². The Morgan fingerprint density at radius 3 is 2.67 bits per heavy atom. The van der Waals surface area contributed by atoms with E-state index in [0.29, 0.717) is 13.2 Å². The lowest BCUT2D eigenvalue weighted by Gasteiger charge is -2.11. The summed E-state index contributed by atoms with van der Waals surface area (Å²) in [5.74, 6) is 0.845. The summed E-state index contributed by atoms with van der Waals surface area (Å²) in [6.07, 6.45) is 6.05. The van der Waals surface area contributed by atoms with Gasteiger partial charge in [-0.15, -0.1) is 35.3 Å². The van der Waals surface area contributed by atoms with Gasteiger partial charge in [-0.05, 0) is 19.3 Å². The number of hydrogen-bond donors (Lipinski definition) is 2. The largest absolute Gasteiger partial charge is 0.382 e. The predicted molar refractivity (Wildman–Crippen MR) is 112 cm³/mol. The van der Waals surface area contributed by atoms with Gasteiger partial charge in [0.25, 0.3) is 0 Å². The molecule has 0 aliphatic rings. The quantitative estimate of drug-likeness (QED) is 0.213. The SMILES string of the molecule is CCc1cnc(CCNC(=NC)NCCCCOCCOC)s1.I. The standard InChI is InChI=1S/C16H30N4O2S.HI/c1-4-14-13-20-15(23-14)7-9-19-16(17-2)18-8-5-6-10-22-12-11-21-3;/h13H,4-12H2,1-3H3,(H2,17,18,19);1H. The lowest BCUT2D eigenvalue weighted by molar-refractivity contribution is 0.0689. The summed E-state index contributed by atoms with van der Waals surface area (Å²) in [5.41, 5.74) is 0. The second kappa shape index (κ2) is 16.0. The third-order valence-corrected chi connectivity index (χ3v) is 4.45. The zero-order valence-corrected chi connectivity index (χ0v) is 18.1. The Labute approximate surface area is 166 Å². The van der Waals surface area contributed by atoms with Crippen molar-refractivity contribution in [3.8, 4) is 0 Å². The van der Waals surface area contributed by atoms with E-state index in [9.17, 15) is 0 Å². The molecule has 1 aromatic heterocycles. The summed E-state index contributed by atoms with van der Waals surface area (Å²) < 4.78 is 10.4. The molecule has 6 nitrogen and oxygen atoms in total. The molecule has 140 valence electrons. The number of nitrogens with zero attached hydrogens (tertiary/aromatic N) is 2. The van der Waals surface area contributed by atoms with Gasteiger partial charge in [-0.2, -0.15) is 0 Å². The molecule has 1 heterocycles. The van der Waals surface area contributed by atoms with E-state index in [1.807, 2.05) is 6.20 Å². The number of aryl methyl sites for hydroxylation is 1. The topological polar surface area (TPSA) is 67.8 Å². The van der Waals surface area contributed by atoms with Crippen molar-refractivity contribution in [3.63, 3.8) is 0 Å². The summed E-state index contributed by atoms with van der Waals surface area (Å²) in [7, 11) is 3.48. The Balaban J connectivity index is 0.00000529. The number of halogens is 1. The second-order valence-corrected chi connectivity index (χ2v) is 6.26. The van der Waals surface area contributed by atoms with Gasteiger partial charge in [0.15, 0.2) is 5.96 Å². The van der Waals surface area contributed by atoms with Crippen molar-refractivity contribution in [2.75, 3.05) is 47.1 Å². The second-order valence-electron chi connectivity index (χ2n) is 5.06. The van der Waals surface area contributed by atoms with E-state index in [1.54, 1.807) is 25.5 Å². The lowest BCUT2D eigenvalue weighted by Crippen LogP contribution is -2.38. The van der Waals surface area contributed by atoms with Gasteiger partial charge >= 0.3 is 0 Å². The Morgan fingerprint density at radius 1 is 1.21 bits per heavy atom. The van der Waals surface area contributed by atoms with Crippen LogP contribution in [0.1, 0.15) is 29.7 Å². The van der Waals surface area contributed by atoms with Crippen LogP contribution in [-0.4, -0.2) is 58.0 Å². The summed E-state index contributed by atoms with van der Waals surface area (Å²) in [6.45, 7) is 6.00. The molecule has 0 spiro atoms. The Morgan fingerprint density at radius 2 is 2.00 bits per heavy atom. The summed E-state index contributed by atoms with van der Waals surface area (Å²) in [4.78, 5) is 9.99. The molecule has 0 saturated carbocycles. The van der Waals surface area contributed by atoms with E-state index < -0.39 is 0 Å². The highest BCUT2D eigenvalue weighted by atomic mass is 127. The predicted octanol–water partition coefficient (Wildman–Crippen LogP) is 2.47. The highest BCUT2D eigenvalue weighted by Gasteiger charge is 2.01. The van der Waals surface area contributed by atoms with E-state index in [4.69, 9.17) is 9.47 Å². The molecule has 8 heteroatoms. The van der Waals surface area contributed by atoms with Crippen LogP contribution in [0.3, 0.4) is 0 Å². The maximum absolute atomic E-state index is 5.43. The van der Waals surface area contributed by atoms with Gasteiger partial charge in [-0.1, -0.05) is 6.92 Å². The van der Waals surface area contributed by atoms with Crippen LogP contribution in [0, 0.1) is 0 Å². The van der Waals surface area contributed by atoms with Crippen molar-refractivity contribution in [2.24, 2.45) is 4.99 Å². The first-order chi connectivity index (χ1) is 11.3. The van der Waals surface area contributed by atoms with Gasteiger partial charge in [-0.3, -0.25) is 4.99 Å². The number of rotatable bonds is 12. The first-order valence-corrected chi connectivity index (χ1v) is 9.06. The zero-order chi connectivity index (χ0) is 16.8. The number of nitrogens with one attached hydrogen (secondary N) is 2. The highest BCUT2D eigenvalue weighted by molar-refractivity contribution is 14.0. The molecule has 1 rings (SSSR count). The number of methoxy groups -OCH3 is 1. The maximum atomic E-state index is 5.43. The average Bonchev–Trinajstić information content (AvgIpc) is 3.03. The molecule has 0 radical (unpaired) electrons. The number of aliphatic imine (C=N–C) groups is 1. The van der Waals surface area contributed by atoms with Crippen molar-refractivity contribution in [1.29, 1.82) is 0 Å². The minimum atomic E-state index is 0. The van der Waals surface area contributed by atoms with Crippen molar-refractivity contribution >= 4 is 41.3 Å². The fourth-order valence-corrected chi connectivity index (χ4v) is 2.78. The van der Waals surface area contributed by atoms with Crippen LogP contribution in [0.4, 0.5) is 0 Å². The summed E-state index contributed by atoms with van der Waals surface area (Å²) in [5, 5.41) is 7.82. The van der Waals surface area contributed by atoms with E-state index >= 15 is 0 Å². The van der Waals surface area contributed by atoms with Crippen molar-refractivity contribution in [2.45, 2.75) is 32.6 Å². The van der Waals surface area contributed by atoms with Crippen LogP contribution in [-0.2, 0) is 22.3 Å². The number of guanidine groups is 1. The third kappa shape index (κ3) is 11.2. The molecule has 1 aromatic rings. The Hall–Kier alpha value is -0.450. The van der Waals surface area contributed by atoms with Gasteiger partial charge in [-0.25, -0.2) is 4.98 Å². The van der Waals surface area contributed by atoms with Crippen molar-refractivity contribution < 1.29 is 9.47 Å². The van der Waals surface area contributed by atoms with E-state index in [2.05, 4.69) is 27.5 Å².